The zero-order chi connectivity index (χ0) is 11.6. The molecule has 0 unspecified atom stereocenters. The van der Waals surface area contributed by atoms with Crippen LogP contribution in [0.2, 0.25) is 0 Å². The van der Waals surface area contributed by atoms with Crippen molar-refractivity contribution in [2.45, 2.75) is 13.3 Å². The van der Waals surface area contributed by atoms with E-state index < -0.39 is 19.0 Å². The third-order valence-corrected chi connectivity index (χ3v) is 1.73. The monoisotopic (exact) mass is 220 g/mol. The largest absolute Gasteiger partial charge is 0.477 e. The van der Waals surface area contributed by atoms with Crippen molar-refractivity contribution < 1.29 is 23.4 Å². The fraction of sp³-hybridized carbons (Fsp3) is 0.500. The molecule has 15 heavy (non-hydrogen) atoms. The van der Waals surface area contributed by atoms with Gasteiger partial charge in [-0.1, -0.05) is 0 Å². The van der Waals surface area contributed by atoms with Crippen LogP contribution >= 0.6 is 0 Å². The standard InChI is InChI=1S/C8H10F2N2O3/c1-4-6(8(13)14)7(12(2)11-4)15-3-5(9)10/h5H,3H2,1-2H3,(H,13,14). The first-order valence-corrected chi connectivity index (χ1v) is 4.11. The highest BCUT2D eigenvalue weighted by Crippen LogP contribution is 2.21. The molecular formula is C8H10F2N2O3. The third kappa shape index (κ3) is 2.42. The summed E-state index contributed by atoms with van der Waals surface area (Å²) < 4.78 is 29.6. The van der Waals surface area contributed by atoms with Gasteiger partial charge < -0.3 is 9.84 Å². The van der Waals surface area contributed by atoms with Crippen LogP contribution in [0.5, 0.6) is 5.88 Å². The van der Waals surface area contributed by atoms with Crippen molar-refractivity contribution in [3.05, 3.63) is 11.3 Å². The van der Waals surface area contributed by atoms with Gasteiger partial charge in [0.15, 0.2) is 6.61 Å². The number of nitrogens with zero attached hydrogens (tertiary/aromatic N) is 2. The average molecular weight is 220 g/mol. The summed E-state index contributed by atoms with van der Waals surface area (Å²) in [6, 6.07) is 0. The summed E-state index contributed by atoms with van der Waals surface area (Å²) in [5.74, 6) is -1.40. The predicted octanol–water partition coefficient (Wildman–Crippen LogP) is 1.07. The Hall–Kier alpha value is -1.66. The Morgan fingerprint density at radius 2 is 2.27 bits per heavy atom. The summed E-state index contributed by atoms with van der Waals surface area (Å²) >= 11 is 0. The van der Waals surface area contributed by atoms with Gasteiger partial charge in [0, 0.05) is 7.05 Å². The van der Waals surface area contributed by atoms with Gasteiger partial charge in [-0.2, -0.15) is 5.10 Å². The second-order valence-electron chi connectivity index (χ2n) is 2.90. The van der Waals surface area contributed by atoms with Gasteiger partial charge in [0.1, 0.15) is 5.56 Å². The van der Waals surface area contributed by atoms with Gasteiger partial charge >= 0.3 is 5.97 Å². The second kappa shape index (κ2) is 4.24. The van der Waals surface area contributed by atoms with Crippen LogP contribution in [0.3, 0.4) is 0 Å². The molecule has 1 aromatic rings. The number of halogens is 2. The predicted molar refractivity (Wildman–Crippen MR) is 46.4 cm³/mol. The van der Waals surface area contributed by atoms with E-state index in [1.165, 1.54) is 14.0 Å². The lowest BCUT2D eigenvalue weighted by Gasteiger charge is -2.06. The highest BCUT2D eigenvalue weighted by molar-refractivity contribution is 5.91. The fourth-order valence-corrected chi connectivity index (χ4v) is 1.19. The van der Waals surface area contributed by atoms with Gasteiger partial charge in [0.2, 0.25) is 5.88 Å². The van der Waals surface area contributed by atoms with Crippen molar-refractivity contribution in [3.63, 3.8) is 0 Å². The zero-order valence-corrected chi connectivity index (χ0v) is 8.20. The first-order valence-electron chi connectivity index (χ1n) is 4.11. The van der Waals surface area contributed by atoms with E-state index in [0.717, 1.165) is 4.68 Å². The molecule has 1 heterocycles. The summed E-state index contributed by atoms with van der Waals surface area (Å²) in [6.07, 6.45) is -2.65. The molecule has 0 saturated carbocycles. The first kappa shape index (κ1) is 11.4. The van der Waals surface area contributed by atoms with Crippen LogP contribution in [-0.4, -0.2) is 33.9 Å². The molecule has 0 fully saturated rings. The van der Waals surface area contributed by atoms with E-state index in [1.54, 1.807) is 0 Å². The normalized spacial score (nSPS) is 10.7. The molecule has 0 spiro atoms. The lowest BCUT2D eigenvalue weighted by atomic mass is 10.2. The lowest BCUT2D eigenvalue weighted by molar-refractivity contribution is 0.0652. The van der Waals surface area contributed by atoms with E-state index in [0.29, 0.717) is 0 Å². The SMILES string of the molecule is Cc1nn(C)c(OCC(F)F)c1C(=O)O. The minimum absolute atomic E-state index is 0.152. The number of aromatic carboxylic acids is 1. The quantitative estimate of drug-likeness (QED) is 0.824. The van der Waals surface area contributed by atoms with Crippen molar-refractivity contribution in [1.29, 1.82) is 0 Å². The molecule has 0 saturated heterocycles. The van der Waals surface area contributed by atoms with E-state index in [4.69, 9.17) is 5.11 Å². The van der Waals surface area contributed by atoms with Crippen molar-refractivity contribution >= 4 is 5.97 Å². The van der Waals surface area contributed by atoms with Crippen LogP contribution in [0.25, 0.3) is 0 Å². The number of alkyl halides is 2. The van der Waals surface area contributed by atoms with Crippen molar-refractivity contribution in [2.75, 3.05) is 6.61 Å². The maximum absolute atomic E-state index is 11.9. The van der Waals surface area contributed by atoms with Crippen molar-refractivity contribution in [2.24, 2.45) is 7.05 Å². The maximum atomic E-state index is 11.9. The summed E-state index contributed by atoms with van der Waals surface area (Å²) in [6.45, 7) is 0.623. The van der Waals surface area contributed by atoms with Gasteiger partial charge in [-0.15, -0.1) is 0 Å². The van der Waals surface area contributed by atoms with Gasteiger partial charge in [-0.25, -0.2) is 18.3 Å². The Bertz CT molecular complexity index is 376. The molecule has 0 aliphatic rings. The highest BCUT2D eigenvalue weighted by atomic mass is 19.3. The van der Waals surface area contributed by atoms with Gasteiger partial charge in [-0.05, 0) is 6.92 Å². The van der Waals surface area contributed by atoms with E-state index in [2.05, 4.69) is 9.84 Å². The maximum Gasteiger partial charge on any atom is 0.343 e. The highest BCUT2D eigenvalue weighted by Gasteiger charge is 2.21. The number of aromatic nitrogens is 2. The molecule has 0 aromatic carbocycles. The molecule has 0 bridgehead atoms. The molecule has 84 valence electrons. The Morgan fingerprint density at radius 1 is 1.67 bits per heavy atom. The van der Waals surface area contributed by atoms with Crippen LogP contribution in [0, 0.1) is 6.92 Å². The fourth-order valence-electron chi connectivity index (χ4n) is 1.19. The van der Waals surface area contributed by atoms with Crippen LogP contribution in [-0.2, 0) is 7.05 Å². The van der Waals surface area contributed by atoms with E-state index >= 15 is 0 Å². The Balaban J connectivity index is 2.99. The number of ether oxygens (including phenoxy) is 1. The molecule has 0 atom stereocenters. The minimum Gasteiger partial charge on any atom is -0.477 e. The number of carboxylic acids is 1. The smallest absolute Gasteiger partial charge is 0.343 e. The van der Waals surface area contributed by atoms with Gasteiger partial charge in [0.25, 0.3) is 6.43 Å². The van der Waals surface area contributed by atoms with Gasteiger partial charge in [0.05, 0.1) is 5.69 Å². The van der Waals surface area contributed by atoms with Crippen LogP contribution in [0.1, 0.15) is 16.1 Å². The van der Waals surface area contributed by atoms with E-state index in [9.17, 15) is 13.6 Å². The molecule has 5 nitrogen and oxygen atoms in total. The molecule has 0 aliphatic carbocycles. The third-order valence-electron chi connectivity index (χ3n) is 1.73. The Labute approximate surface area is 84.3 Å². The molecule has 0 amide bonds. The molecule has 1 rings (SSSR count). The summed E-state index contributed by atoms with van der Waals surface area (Å²) in [5, 5.41) is 12.6. The van der Waals surface area contributed by atoms with Crippen molar-refractivity contribution in [3.8, 4) is 5.88 Å². The number of rotatable bonds is 4. The van der Waals surface area contributed by atoms with Crippen LogP contribution in [0.15, 0.2) is 0 Å². The number of aryl methyl sites for hydroxylation is 2. The number of carbonyl (C=O) groups is 1. The molecule has 1 aromatic heterocycles. The topological polar surface area (TPSA) is 64.4 Å². The first-order chi connectivity index (χ1) is 6.93. The molecule has 7 heteroatoms. The molecule has 0 radical (unpaired) electrons. The number of hydrogen-bond donors (Lipinski definition) is 1. The average Bonchev–Trinajstić information content (AvgIpc) is 2.37. The van der Waals surface area contributed by atoms with Crippen molar-refractivity contribution in [1.82, 2.24) is 9.78 Å². The molecule has 0 aliphatic heterocycles. The summed E-state index contributed by atoms with van der Waals surface area (Å²) in [7, 11) is 1.43. The van der Waals surface area contributed by atoms with Crippen LogP contribution in [0.4, 0.5) is 8.78 Å². The van der Waals surface area contributed by atoms with Crippen LogP contribution < -0.4 is 4.74 Å². The van der Waals surface area contributed by atoms with E-state index in [1.807, 2.05) is 0 Å². The van der Waals surface area contributed by atoms with Gasteiger partial charge in [-0.3, -0.25) is 0 Å². The van der Waals surface area contributed by atoms with E-state index in [-0.39, 0.29) is 17.1 Å². The molecular weight excluding hydrogens is 210 g/mol. The minimum atomic E-state index is -2.65. The summed E-state index contributed by atoms with van der Waals surface area (Å²) in [5.41, 5.74) is 0.0485. The number of hydrogen-bond acceptors (Lipinski definition) is 3. The molecule has 1 N–H and O–H groups in total. The summed E-state index contributed by atoms with van der Waals surface area (Å²) in [4.78, 5) is 10.8. The zero-order valence-electron chi connectivity index (χ0n) is 8.20. The Morgan fingerprint density at radius 3 is 2.73 bits per heavy atom. The second-order valence-corrected chi connectivity index (χ2v) is 2.90. The number of carboxylic acid groups (broad SMARTS) is 1. The lowest BCUT2D eigenvalue weighted by Crippen LogP contribution is -2.12. The Kier molecular flexibility index (Phi) is 3.23.